The number of aliphatic hydroxyl groups excluding tert-OH is 1. The van der Waals surface area contributed by atoms with E-state index in [0.29, 0.717) is 12.3 Å². The largest absolute Gasteiger partial charge is 0.393 e. The zero-order valence-corrected chi connectivity index (χ0v) is 14.1. The molecular weight excluding hydrogens is 298 g/mol. The summed E-state index contributed by atoms with van der Waals surface area (Å²) in [5.74, 6) is 0.424. The van der Waals surface area contributed by atoms with Crippen LogP contribution in [0, 0.1) is 12.8 Å². The van der Waals surface area contributed by atoms with E-state index in [2.05, 4.69) is 17.4 Å². The maximum atomic E-state index is 12.5. The maximum absolute atomic E-state index is 12.5. The minimum atomic E-state index is -0.207. The molecule has 0 saturated heterocycles. The Kier molecular flexibility index (Phi) is 5.31. The van der Waals surface area contributed by atoms with E-state index in [-0.39, 0.29) is 18.1 Å². The van der Waals surface area contributed by atoms with E-state index >= 15 is 0 Å². The van der Waals surface area contributed by atoms with Crippen LogP contribution in [0.1, 0.15) is 29.5 Å². The van der Waals surface area contributed by atoms with E-state index < -0.39 is 0 Å². The fourth-order valence-electron chi connectivity index (χ4n) is 3.40. The van der Waals surface area contributed by atoms with Crippen LogP contribution in [0.5, 0.6) is 0 Å². The van der Waals surface area contributed by atoms with Crippen molar-refractivity contribution in [2.45, 2.75) is 44.8 Å². The Bertz CT molecular complexity index is 677. The van der Waals surface area contributed by atoms with Gasteiger partial charge in [0, 0.05) is 6.04 Å². The van der Waals surface area contributed by atoms with Crippen LogP contribution in [-0.2, 0) is 17.6 Å². The molecule has 0 heterocycles. The van der Waals surface area contributed by atoms with Gasteiger partial charge in [-0.3, -0.25) is 4.79 Å². The summed E-state index contributed by atoms with van der Waals surface area (Å²) in [7, 11) is 0. The van der Waals surface area contributed by atoms with E-state index in [1.807, 2.05) is 49.4 Å². The molecule has 1 atom stereocenters. The van der Waals surface area contributed by atoms with Gasteiger partial charge in [0.2, 0.25) is 5.91 Å². The second-order valence-electron chi connectivity index (χ2n) is 6.85. The summed E-state index contributed by atoms with van der Waals surface area (Å²) >= 11 is 0. The van der Waals surface area contributed by atoms with Crippen molar-refractivity contribution in [3.8, 4) is 0 Å². The quantitative estimate of drug-likeness (QED) is 0.858. The highest BCUT2D eigenvalue weighted by atomic mass is 16.3. The first-order chi connectivity index (χ1) is 11.6. The van der Waals surface area contributed by atoms with Crippen LogP contribution >= 0.6 is 0 Å². The molecule has 1 saturated carbocycles. The average molecular weight is 323 g/mol. The topological polar surface area (TPSA) is 49.3 Å². The van der Waals surface area contributed by atoms with Crippen LogP contribution in [0.2, 0.25) is 0 Å². The second kappa shape index (κ2) is 7.63. The summed E-state index contributed by atoms with van der Waals surface area (Å²) in [5.41, 5.74) is 3.44. The van der Waals surface area contributed by atoms with Gasteiger partial charge in [0.1, 0.15) is 0 Å². The first-order valence-electron chi connectivity index (χ1n) is 8.67. The van der Waals surface area contributed by atoms with Gasteiger partial charge in [-0.2, -0.15) is 0 Å². The third kappa shape index (κ3) is 4.24. The number of hydrogen-bond acceptors (Lipinski definition) is 2. The monoisotopic (exact) mass is 323 g/mol. The highest BCUT2D eigenvalue weighted by molar-refractivity contribution is 5.79. The normalized spacial score (nSPS) is 20.9. The van der Waals surface area contributed by atoms with Crippen molar-refractivity contribution in [2.75, 3.05) is 0 Å². The number of benzene rings is 2. The summed E-state index contributed by atoms with van der Waals surface area (Å²) in [6.07, 6.45) is 2.58. The standard InChI is InChI=1S/C21H25NO2/c1-15-7-5-6-10-17(15)14-21(24)22-20(18-12-19(23)13-18)11-16-8-3-2-4-9-16/h2-10,18-20,23H,11-14H2,1H3,(H,22,24)/t18?,19?,20-/m1/s1. The number of aliphatic hydroxyl groups is 1. The molecule has 2 N–H and O–H groups in total. The fraction of sp³-hybridized carbons (Fsp3) is 0.381. The van der Waals surface area contributed by atoms with E-state index in [9.17, 15) is 9.90 Å². The van der Waals surface area contributed by atoms with Crippen molar-refractivity contribution in [2.24, 2.45) is 5.92 Å². The molecule has 3 rings (SSSR count). The molecule has 126 valence electrons. The number of carbonyl (C=O) groups excluding carboxylic acids is 1. The number of carbonyl (C=O) groups is 1. The molecule has 0 bridgehead atoms. The molecule has 24 heavy (non-hydrogen) atoms. The number of hydrogen-bond donors (Lipinski definition) is 2. The lowest BCUT2D eigenvalue weighted by Crippen LogP contribution is -2.48. The number of rotatable bonds is 6. The van der Waals surface area contributed by atoms with Gasteiger partial charge in [-0.25, -0.2) is 0 Å². The average Bonchev–Trinajstić information content (AvgIpc) is 2.54. The Balaban J connectivity index is 1.65. The van der Waals surface area contributed by atoms with Gasteiger partial charge in [-0.05, 0) is 48.8 Å². The number of amides is 1. The lowest BCUT2D eigenvalue weighted by molar-refractivity contribution is -0.122. The molecule has 0 aliphatic heterocycles. The molecule has 0 radical (unpaired) electrons. The molecule has 0 spiro atoms. The van der Waals surface area contributed by atoms with Gasteiger partial charge >= 0.3 is 0 Å². The molecule has 2 aromatic rings. The van der Waals surface area contributed by atoms with Crippen molar-refractivity contribution in [1.29, 1.82) is 0 Å². The summed E-state index contributed by atoms with van der Waals surface area (Å²) in [6.45, 7) is 2.03. The molecule has 0 unspecified atom stereocenters. The number of aryl methyl sites for hydroxylation is 1. The summed E-state index contributed by atoms with van der Waals surface area (Å²) in [6, 6.07) is 18.3. The molecule has 0 aromatic heterocycles. The predicted octanol–water partition coefficient (Wildman–Crippen LogP) is 3.04. The van der Waals surface area contributed by atoms with Crippen molar-refractivity contribution < 1.29 is 9.90 Å². The van der Waals surface area contributed by atoms with E-state index in [1.165, 1.54) is 5.56 Å². The minimum absolute atomic E-state index is 0.0617. The maximum Gasteiger partial charge on any atom is 0.224 e. The van der Waals surface area contributed by atoms with E-state index in [0.717, 1.165) is 30.4 Å². The van der Waals surface area contributed by atoms with Gasteiger partial charge in [-0.15, -0.1) is 0 Å². The first-order valence-corrected chi connectivity index (χ1v) is 8.67. The zero-order chi connectivity index (χ0) is 16.9. The fourth-order valence-corrected chi connectivity index (χ4v) is 3.40. The van der Waals surface area contributed by atoms with Crippen molar-refractivity contribution in [3.63, 3.8) is 0 Å². The Morgan fingerprint density at radius 1 is 1.12 bits per heavy atom. The van der Waals surface area contributed by atoms with Crippen LogP contribution < -0.4 is 5.32 Å². The van der Waals surface area contributed by atoms with Gasteiger partial charge in [0.25, 0.3) is 0 Å². The zero-order valence-electron chi connectivity index (χ0n) is 14.1. The molecule has 2 aromatic carbocycles. The second-order valence-corrected chi connectivity index (χ2v) is 6.85. The van der Waals surface area contributed by atoms with Crippen molar-refractivity contribution >= 4 is 5.91 Å². The first kappa shape index (κ1) is 16.7. The highest BCUT2D eigenvalue weighted by Crippen LogP contribution is 2.31. The van der Waals surface area contributed by atoms with Crippen LogP contribution in [0.15, 0.2) is 54.6 Å². The van der Waals surface area contributed by atoms with Gasteiger partial charge < -0.3 is 10.4 Å². The molecular formula is C21H25NO2. The van der Waals surface area contributed by atoms with Crippen LogP contribution in [0.4, 0.5) is 0 Å². The van der Waals surface area contributed by atoms with E-state index in [4.69, 9.17) is 0 Å². The Morgan fingerprint density at radius 2 is 1.79 bits per heavy atom. The van der Waals surface area contributed by atoms with Crippen molar-refractivity contribution in [3.05, 3.63) is 71.3 Å². The molecule has 3 heteroatoms. The Labute approximate surface area is 143 Å². The molecule has 1 amide bonds. The molecule has 1 aliphatic carbocycles. The molecule has 1 fully saturated rings. The SMILES string of the molecule is Cc1ccccc1CC(=O)N[C@H](Cc1ccccc1)C1CC(O)C1. The lowest BCUT2D eigenvalue weighted by atomic mass is 9.75. The Morgan fingerprint density at radius 3 is 2.46 bits per heavy atom. The Hall–Kier alpha value is -2.13. The smallest absolute Gasteiger partial charge is 0.224 e. The number of nitrogens with one attached hydrogen (secondary N) is 1. The lowest BCUT2D eigenvalue weighted by Gasteiger charge is -2.38. The summed E-state index contributed by atoms with van der Waals surface area (Å²) in [4.78, 5) is 12.5. The summed E-state index contributed by atoms with van der Waals surface area (Å²) in [5, 5.41) is 12.8. The third-order valence-corrected chi connectivity index (χ3v) is 4.98. The summed E-state index contributed by atoms with van der Waals surface area (Å²) < 4.78 is 0. The third-order valence-electron chi connectivity index (χ3n) is 4.98. The highest BCUT2D eigenvalue weighted by Gasteiger charge is 2.34. The molecule has 3 nitrogen and oxygen atoms in total. The van der Waals surface area contributed by atoms with Crippen LogP contribution in [0.3, 0.4) is 0 Å². The minimum Gasteiger partial charge on any atom is -0.393 e. The van der Waals surface area contributed by atoms with E-state index in [1.54, 1.807) is 0 Å². The van der Waals surface area contributed by atoms with Gasteiger partial charge in [0.05, 0.1) is 12.5 Å². The predicted molar refractivity (Wildman–Crippen MR) is 95.7 cm³/mol. The molecule has 1 aliphatic rings. The van der Waals surface area contributed by atoms with Crippen LogP contribution in [0.25, 0.3) is 0 Å². The van der Waals surface area contributed by atoms with Gasteiger partial charge in [0.15, 0.2) is 0 Å². The van der Waals surface area contributed by atoms with Crippen molar-refractivity contribution in [1.82, 2.24) is 5.32 Å². The van der Waals surface area contributed by atoms with Crippen LogP contribution in [-0.4, -0.2) is 23.2 Å². The van der Waals surface area contributed by atoms with Gasteiger partial charge in [-0.1, -0.05) is 54.6 Å².